The standard InChI is InChI=1S/C13H17N3O2/c1-8(9(2)14-3)12(15-4)10-5-6-11(13(17)18)16-7-10/h5-7,14H,1-4H3,(H,17,18)/b9-8+,15-12+. The van der Waals surface area contributed by atoms with E-state index in [0.717, 1.165) is 22.5 Å². The number of pyridine rings is 1. The Hall–Kier alpha value is -2.17. The number of carboxylic acid groups (broad SMARTS) is 1. The highest BCUT2D eigenvalue weighted by Gasteiger charge is 2.10. The summed E-state index contributed by atoms with van der Waals surface area (Å²) < 4.78 is 0. The molecule has 0 aliphatic rings. The molecule has 0 aliphatic heterocycles. The van der Waals surface area contributed by atoms with E-state index in [2.05, 4.69) is 15.3 Å². The Labute approximate surface area is 106 Å². The van der Waals surface area contributed by atoms with Crippen LogP contribution in [-0.4, -0.2) is 35.9 Å². The van der Waals surface area contributed by atoms with Crippen LogP contribution in [0.5, 0.6) is 0 Å². The third kappa shape index (κ3) is 2.94. The van der Waals surface area contributed by atoms with Crippen LogP contribution in [-0.2, 0) is 0 Å². The Morgan fingerprint density at radius 1 is 1.39 bits per heavy atom. The van der Waals surface area contributed by atoms with E-state index in [0.29, 0.717) is 0 Å². The van der Waals surface area contributed by atoms with E-state index in [-0.39, 0.29) is 5.69 Å². The molecule has 5 heteroatoms. The molecule has 0 aromatic carbocycles. The number of hydrogen-bond donors (Lipinski definition) is 2. The fourth-order valence-electron chi connectivity index (χ4n) is 1.54. The molecule has 0 aliphatic carbocycles. The minimum atomic E-state index is -1.03. The molecule has 18 heavy (non-hydrogen) atoms. The second-order valence-corrected chi connectivity index (χ2v) is 3.81. The maximum Gasteiger partial charge on any atom is 0.354 e. The molecule has 5 nitrogen and oxygen atoms in total. The molecule has 1 rings (SSSR count). The van der Waals surface area contributed by atoms with Crippen LogP contribution in [0.4, 0.5) is 0 Å². The van der Waals surface area contributed by atoms with Crippen molar-refractivity contribution >= 4 is 11.7 Å². The average molecular weight is 247 g/mol. The van der Waals surface area contributed by atoms with E-state index >= 15 is 0 Å². The third-order valence-electron chi connectivity index (χ3n) is 2.77. The number of aromatic carboxylic acids is 1. The highest BCUT2D eigenvalue weighted by molar-refractivity contribution is 6.12. The predicted octanol–water partition coefficient (Wildman–Crippen LogP) is 1.71. The first kappa shape index (κ1) is 13.9. The number of rotatable bonds is 4. The largest absolute Gasteiger partial charge is 0.477 e. The molecule has 0 saturated heterocycles. The smallest absolute Gasteiger partial charge is 0.354 e. The molecule has 0 spiro atoms. The third-order valence-corrected chi connectivity index (χ3v) is 2.77. The molecule has 0 atom stereocenters. The Morgan fingerprint density at radius 3 is 2.44 bits per heavy atom. The zero-order valence-electron chi connectivity index (χ0n) is 11.0. The lowest BCUT2D eigenvalue weighted by Gasteiger charge is -2.10. The summed E-state index contributed by atoms with van der Waals surface area (Å²) >= 11 is 0. The second-order valence-electron chi connectivity index (χ2n) is 3.81. The van der Waals surface area contributed by atoms with Gasteiger partial charge in [0.1, 0.15) is 5.69 Å². The molecule has 0 unspecified atom stereocenters. The number of nitrogens with zero attached hydrogens (tertiary/aromatic N) is 2. The number of hydrogen-bond acceptors (Lipinski definition) is 4. The summed E-state index contributed by atoms with van der Waals surface area (Å²) in [6.45, 7) is 3.92. The van der Waals surface area contributed by atoms with Gasteiger partial charge in [0.05, 0.1) is 5.71 Å². The van der Waals surface area contributed by atoms with Crippen LogP contribution >= 0.6 is 0 Å². The van der Waals surface area contributed by atoms with Gasteiger partial charge in [-0.25, -0.2) is 9.78 Å². The van der Waals surface area contributed by atoms with Crippen molar-refractivity contribution in [2.24, 2.45) is 4.99 Å². The highest BCUT2D eigenvalue weighted by atomic mass is 16.4. The minimum absolute atomic E-state index is 0.0289. The molecule has 96 valence electrons. The predicted molar refractivity (Wildman–Crippen MR) is 71.1 cm³/mol. The topological polar surface area (TPSA) is 74.6 Å². The number of carbonyl (C=O) groups is 1. The summed E-state index contributed by atoms with van der Waals surface area (Å²) in [7, 11) is 3.55. The van der Waals surface area contributed by atoms with Gasteiger partial charge >= 0.3 is 5.97 Å². The van der Waals surface area contributed by atoms with Crippen LogP contribution in [0.2, 0.25) is 0 Å². The number of nitrogens with one attached hydrogen (secondary N) is 1. The molecule has 1 aromatic heterocycles. The first-order chi connectivity index (χ1) is 8.51. The molecular weight excluding hydrogens is 230 g/mol. The quantitative estimate of drug-likeness (QED) is 0.794. The van der Waals surface area contributed by atoms with Crippen LogP contribution < -0.4 is 5.32 Å². The van der Waals surface area contributed by atoms with Gasteiger partial charge in [0.2, 0.25) is 0 Å². The highest BCUT2D eigenvalue weighted by Crippen LogP contribution is 2.11. The van der Waals surface area contributed by atoms with E-state index in [4.69, 9.17) is 5.11 Å². The SMILES string of the molecule is C/N=C(\C(C)=C(/C)NC)c1ccc(C(=O)O)nc1. The van der Waals surface area contributed by atoms with E-state index in [1.807, 2.05) is 20.9 Å². The average Bonchev–Trinajstić information content (AvgIpc) is 2.39. The molecule has 0 amide bonds. The second kappa shape index (κ2) is 5.95. The fraction of sp³-hybridized carbons (Fsp3) is 0.308. The van der Waals surface area contributed by atoms with Crippen molar-refractivity contribution < 1.29 is 9.90 Å². The zero-order valence-corrected chi connectivity index (χ0v) is 11.0. The van der Waals surface area contributed by atoms with Crippen LogP contribution in [0.25, 0.3) is 0 Å². The minimum Gasteiger partial charge on any atom is -0.477 e. The van der Waals surface area contributed by atoms with Crippen LogP contribution in [0.15, 0.2) is 34.6 Å². The van der Waals surface area contributed by atoms with Crippen molar-refractivity contribution in [2.75, 3.05) is 14.1 Å². The van der Waals surface area contributed by atoms with Gasteiger partial charge in [-0.05, 0) is 31.6 Å². The van der Waals surface area contributed by atoms with Crippen molar-refractivity contribution in [3.63, 3.8) is 0 Å². The first-order valence-corrected chi connectivity index (χ1v) is 5.53. The number of allylic oxidation sites excluding steroid dienone is 2. The van der Waals surface area contributed by atoms with E-state index in [1.165, 1.54) is 12.3 Å². The van der Waals surface area contributed by atoms with Crippen molar-refractivity contribution in [2.45, 2.75) is 13.8 Å². The van der Waals surface area contributed by atoms with E-state index in [9.17, 15) is 4.79 Å². The van der Waals surface area contributed by atoms with Crippen molar-refractivity contribution in [1.82, 2.24) is 10.3 Å². The normalized spacial score (nSPS) is 13.0. The van der Waals surface area contributed by atoms with Gasteiger partial charge in [-0.3, -0.25) is 4.99 Å². The summed E-state index contributed by atoms with van der Waals surface area (Å²) in [5.74, 6) is -1.03. The molecule has 1 heterocycles. The zero-order chi connectivity index (χ0) is 13.7. The van der Waals surface area contributed by atoms with Crippen molar-refractivity contribution in [1.29, 1.82) is 0 Å². The summed E-state index contributed by atoms with van der Waals surface area (Å²) in [6, 6.07) is 3.19. The van der Waals surface area contributed by atoms with Crippen LogP contribution in [0.1, 0.15) is 29.9 Å². The van der Waals surface area contributed by atoms with Crippen molar-refractivity contribution in [3.8, 4) is 0 Å². The summed E-state index contributed by atoms with van der Waals surface area (Å²) in [5.41, 5.74) is 3.64. The van der Waals surface area contributed by atoms with Crippen LogP contribution in [0, 0.1) is 0 Å². The molecule has 1 aromatic rings. The number of aliphatic imine (C=N–C) groups is 1. The van der Waals surface area contributed by atoms with Gasteiger partial charge in [0, 0.05) is 31.6 Å². The summed E-state index contributed by atoms with van der Waals surface area (Å²) in [4.78, 5) is 18.9. The Morgan fingerprint density at radius 2 is 2.06 bits per heavy atom. The van der Waals surface area contributed by atoms with Gasteiger partial charge < -0.3 is 10.4 Å². The van der Waals surface area contributed by atoms with Gasteiger partial charge in [-0.2, -0.15) is 0 Å². The molecule has 0 fully saturated rings. The lowest BCUT2D eigenvalue weighted by atomic mass is 10.0. The fourth-order valence-corrected chi connectivity index (χ4v) is 1.54. The lowest BCUT2D eigenvalue weighted by molar-refractivity contribution is 0.0690. The molecule has 2 N–H and O–H groups in total. The van der Waals surface area contributed by atoms with Gasteiger partial charge in [0.15, 0.2) is 0 Å². The van der Waals surface area contributed by atoms with Gasteiger partial charge in [-0.15, -0.1) is 0 Å². The summed E-state index contributed by atoms with van der Waals surface area (Å²) in [5, 5.41) is 11.9. The van der Waals surface area contributed by atoms with Gasteiger partial charge in [-0.1, -0.05) is 0 Å². The van der Waals surface area contributed by atoms with E-state index in [1.54, 1.807) is 13.1 Å². The maximum atomic E-state index is 10.7. The molecule has 0 bridgehead atoms. The van der Waals surface area contributed by atoms with E-state index < -0.39 is 5.97 Å². The number of aromatic nitrogens is 1. The summed E-state index contributed by atoms with van der Waals surface area (Å²) in [6.07, 6.45) is 1.53. The lowest BCUT2D eigenvalue weighted by Crippen LogP contribution is -2.12. The molecule has 0 radical (unpaired) electrons. The number of carboxylic acids is 1. The molecule has 0 saturated carbocycles. The maximum absolute atomic E-state index is 10.7. The Balaban J connectivity index is 3.16. The Kier molecular flexibility index (Phi) is 4.59. The first-order valence-electron chi connectivity index (χ1n) is 5.53. The monoisotopic (exact) mass is 247 g/mol. The van der Waals surface area contributed by atoms with Crippen molar-refractivity contribution in [3.05, 3.63) is 40.9 Å². The Bertz CT molecular complexity index is 501. The van der Waals surface area contributed by atoms with Gasteiger partial charge in [0.25, 0.3) is 0 Å². The molecular formula is C13H17N3O2. The van der Waals surface area contributed by atoms with Crippen LogP contribution in [0.3, 0.4) is 0 Å².